The molecule has 0 radical (unpaired) electrons. The van der Waals surface area contributed by atoms with Crippen molar-refractivity contribution in [2.24, 2.45) is 0 Å². The second-order valence-corrected chi connectivity index (χ2v) is 6.76. The van der Waals surface area contributed by atoms with Crippen LogP contribution in [0.5, 0.6) is 0 Å². The van der Waals surface area contributed by atoms with Gasteiger partial charge >= 0.3 is 0 Å². The molecule has 1 atom stereocenters. The van der Waals surface area contributed by atoms with Crippen LogP contribution in [0, 0.1) is 30.1 Å². The lowest BCUT2D eigenvalue weighted by molar-refractivity contribution is -0.154. The Bertz CT molecular complexity index is 1080. The zero-order valence-electron chi connectivity index (χ0n) is 15.7. The Balaban J connectivity index is 1.45. The largest absolute Gasteiger partial charge is 0.436 e. The second-order valence-electron chi connectivity index (χ2n) is 6.76. The van der Waals surface area contributed by atoms with E-state index in [2.05, 4.69) is 22.9 Å². The van der Waals surface area contributed by atoms with Crippen molar-refractivity contribution in [1.29, 1.82) is 5.26 Å². The van der Waals surface area contributed by atoms with Gasteiger partial charge in [0, 0.05) is 17.7 Å². The van der Waals surface area contributed by atoms with Crippen molar-refractivity contribution >= 4 is 11.1 Å². The molecule has 1 unspecified atom stereocenters. The van der Waals surface area contributed by atoms with E-state index in [0.29, 0.717) is 29.2 Å². The van der Waals surface area contributed by atoms with Gasteiger partial charge < -0.3 is 13.9 Å². The summed E-state index contributed by atoms with van der Waals surface area (Å²) in [5, 5.41) is 9.10. The summed E-state index contributed by atoms with van der Waals surface area (Å²) >= 11 is 0. The molecule has 140 valence electrons. The maximum Gasteiger partial charge on any atom is 0.227 e. The Hall–Kier alpha value is -3.12. The van der Waals surface area contributed by atoms with E-state index in [1.165, 1.54) is 0 Å². The van der Waals surface area contributed by atoms with Crippen LogP contribution in [0.25, 0.3) is 22.6 Å². The number of aromatic nitrogens is 1. The summed E-state index contributed by atoms with van der Waals surface area (Å²) < 4.78 is 17.0. The highest BCUT2D eigenvalue weighted by molar-refractivity contribution is 5.80. The normalized spacial score (nSPS) is 16.4. The van der Waals surface area contributed by atoms with E-state index in [1.54, 1.807) is 12.1 Å². The zero-order chi connectivity index (χ0) is 19.3. The van der Waals surface area contributed by atoms with Gasteiger partial charge in [0.1, 0.15) is 12.1 Å². The van der Waals surface area contributed by atoms with E-state index in [0.717, 1.165) is 42.6 Å². The highest BCUT2D eigenvalue weighted by atomic mass is 16.7. The molecule has 0 spiro atoms. The molecule has 1 aromatic heterocycles. The Labute approximate surface area is 163 Å². The van der Waals surface area contributed by atoms with Gasteiger partial charge in [-0.25, -0.2) is 4.98 Å². The fourth-order valence-corrected chi connectivity index (χ4v) is 3.20. The lowest BCUT2D eigenvalue weighted by atomic mass is 10.1. The monoisotopic (exact) mass is 372 g/mol. The molecule has 28 heavy (non-hydrogen) atoms. The van der Waals surface area contributed by atoms with Gasteiger partial charge in [-0.2, -0.15) is 5.26 Å². The number of oxazole rings is 1. The molecule has 2 heterocycles. The van der Waals surface area contributed by atoms with Crippen molar-refractivity contribution in [2.75, 3.05) is 13.2 Å². The number of ether oxygens (including phenoxy) is 2. The summed E-state index contributed by atoms with van der Waals surface area (Å²) in [6, 6.07) is 13.4. The number of rotatable bonds is 3. The fourth-order valence-electron chi connectivity index (χ4n) is 3.20. The van der Waals surface area contributed by atoms with Crippen molar-refractivity contribution in [1.82, 2.24) is 4.98 Å². The van der Waals surface area contributed by atoms with Crippen LogP contribution in [0.4, 0.5) is 0 Å². The Morgan fingerprint density at radius 3 is 2.79 bits per heavy atom. The van der Waals surface area contributed by atoms with Gasteiger partial charge in [-0.3, -0.25) is 0 Å². The molecule has 0 saturated carbocycles. The molecule has 2 aromatic carbocycles. The highest BCUT2D eigenvalue weighted by Crippen LogP contribution is 2.27. The first-order valence-corrected chi connectivity index (χ1v) is 9.37. The summed E-state index contributed by atoms with van der Waals surface area (Å²) in [7, 11) is 0. The fraction of sp³-hybridized carbons (Fsp3) is 0.304. The van der Waals surface area contributed by atoms with Crippen LogP contribution in [0.15, 0.2) is 40.8 Å². The minimum Gasteiger partial charge on any atom is -0.436 e. The SMILES string of the molecule is Cc1cc(C#N)cc2nc(-c3ccc(C#CCOC4CCCCO4)cc3)oc12. The van der Waals surface area contributed by atoms with Gasteiger partial charge in [0.2, 0.25) is 5.89 Å². The van der Waals surface area contributed by atoms with E-state index in [-0.39, 0.29) is 6.29 Å². The highest BCUT2D eigenvalue weighted by Gasteiger charge is 2.13. The van der Waals surface area contributed by atoms with Gasteiger partial charge in [0.25, 0.3) is 0 Å². The van der Waals surface area contributed by atoms with Crippen LogP contribution in [-0.2, 0) is 9.47 Å². The third kappa shape index (κ3) is 4.07. The number of fused-ring (bicyclic) bond motifs is 1. The molecule has 1 aliphatic rings. The predicted molar refractivity (Wildman–Crippen MR) is 105 cm³/mol. The number of hydrogen-bond acceptors (Lipinski definition) is 5. The number of nitriles is 1. The molecule has 1 aliphatic heterocycles. The van der Waals surface area contributed by atoms with Crippen molar-refractivity contribution < 1.29 is 13.9 Å². The minimum atomic E-state index is -0.116. The number of hydrogen-bond donors (Lipinski definition) is 0. The zero-order valence-corrected chi connectivity index (χ0v) is 15.7. The molecule has 0 aliphatic carbocycles. The first-order valence-electron chi connectivity index (χ1n) is 9.37. The summed E-state index contributed by atoms with van der Waals surface area (Å²) in [5.41, 5.74) is 4.65. The van der Waals surface area contributed by atoms with Crippen LogP contribution >= 0.6 is 0 Å². The average Bonchev–Trinajstić information content (AvgIpc) is 3.17. The van der Waals surface area contributed by atoms with Crippen LogP contribution < -0.4 is 0 Å². The van der Waals surface area contributed by atoms with E-state index in [1.807, 2.05) is 31.2 Å². The van der Waals surface area contributed by atoms with Crippen LogP contribution in [0.1, 0.15) is 36.0 Å². The number of benzene rings is 2. The van der Waals surface area contributed by atoms with Crippen molar-refractivity contribution in [2.45, 2.75) is 32.5 Å². The van der Waals surface area contributed by atoms with Crippen molar-refractivity contribution in [3.8, 4) is 29.4 Å². The molecular formula is C23H20N2O3. The van der Waals surface area contributed by atoms with E-state index >= 15 is 0 Å². The second kappa shape index (κ2) is 8.27. The van der Waals surface area contributed by atoms with E-state index in [4.69, 9.17) is 19.2 Å². The lowest BCUT2D eigenvalue weighted by Crippen LogP contribution is -2.22. The quantitative estimate of drug-likeness (QED) is 0.630. The van der Waals surface area contributed by atoms with Crippen LogP contribution in [-0.4, -0.2) is 24.5 Å². The molecule has 5 nitrogen and oxygen atoms in total. The summed E-state index contributed by atoms with van der Waals surface area (Å²) in [4.78, 5) is 4.52. The number of nitrogens with zero attached hydrogens (tertiary/aromatic N) is 2. The first kappa shape index (κ1) is 18.3. The third-order valence-electron chi connectivity index (χ3n) is 4.65. The van der Waals surface area contributed by atoms with Crippen molar-refractivity contribution in [3.63, 3.8) is 0 Å². The van der Waals surface area contributed by atoms with Gasteiger partial charge in [-0.05, 0) is 68.1 Å². The predicted octanol–water partition coefficient (Wildman–Crippen LogP) is 4.57. The van der Waals surface area contributed by atoms with E-state index in [9.17, 15) is 0 Å². The first-order chi connectivity index (χ1) is 13.7. The van der Waals surface area contributed by atoms with E-state index < -0.39 is 0 Å². The molecule has 0 N–H and O–H groups in total. The van der Waals surface area contributed by atoms with Crippen LogP contribution in [0.3, 0.4) is 0 Å². The molecular weight excluding hydrogens is 352 g/mol. The summed E-state index contributed by atoms with van der Waals surface area (Å²) in [5.74, 6) is 6.66. The van der Waals surface area contributed by atoms with Gasteiger partial charge in [0.05, 0.1) is 11.6 Å². The summed E-state index contributed by atoms with van der Waals surface area (Å²) in [6.45, 7) is 3.04. The van der Waals surface area contributed by atoms with Crippen LogP contribution in [0.2, 0.25) is 0 Å². The Kier molecular flexibility index (Phi) is 5.39. The Morgan fingerprint density at radius 2 is 2.04 bits per heavy atom. The molecule has 0 amide bonds. The molecule has 5 heteroatoms. The standard InChI is InChI=1S/C23H20N2O3/c1-16-13-18(15-24)14-20-22(16)28-23(25-20)19-9-7-17(8-10-19)5-4-12-27-21-6-2-3-11-26-21/h7-10,13-14,21H,2-3,6,11-12H2,1H3. The molecule has 1 fully saturated rings. The number of aryl methyl sites for hydroxylation is 1. The molecule has 3 aromatic rings. The maximum absolute atomic E-state index is 9.10. The van der Waals surface area contributed by atoms with Crippen molar-refractivity contribution in [3.05, 3.63) is 53.1 Å². The smallest absolute Gasteiger partial charge is 0.227 e. The third-order valence-corrected chi connectivity index (χ3v) is 4.65. The van der Waals surface area contributed by atoms with Gasteiger partial charge in [0.15, 0.2) is 11.9 Å². The Morgan fingerprint density at radius 1 is 1.18 bits per heavy atom. The summed E-state index contributed by atoms with van der Waals surface area (Å²) in [6.07, 6.45) is 3.08. The molecule has 4 rings (SSSR count). The minimum absolute atomic E-state index is 0.116. The van der Waals surface area contributed by atoms with Gasteiger partial charge in [-0.15, -0.1) is 0 Å². The molecule has 0 bridgehead atoms. The molecule has 1 saturated heterocycles. The average molecular weight is 372 g/mol. The maximum atomic E-state index is 9.10. The van der Waals surface area contributed by atoms with Gasteiger partial charge in [-0.1, -0.05) is 11.8 Å². The topological polar surface area (TPSA) is 68.3 Å². The lowest BCUT2D eigenvalue weighted by Gasteiger charge is -2.21.